The lowest BCUT2D eigenvalue weighted by atomic mass is 9.96. The lowest BCUT2D eigenvalue weighted by Gasteiger charge is -2.23. The number of nitrogens with one attached hydrogen (secondary N) is 1. The summed E-state index contributed by atoms with van der Waals surface area (Å²) in [5.74, 6) is -1.43. The van der Waals surface area contributed by atoms with Crippen LogP contribution in [0.5, 0.6) is 5.75 Å². The van der Waals surface area contributed by atoms with Crippen molar-refractivity contribution in [3.8, 4) is 5.75 Å². The Morgan fingerprint density at radius 3 is 2.23 bits per heavy atom. The van der Waals surface area contributed by atoms with Crippen LogP contribution in [0.2, 0.25) is 0 Å². The molecule has 1 N–H and O–H groups in total. The minimum atomic E-state index is -0.553. The zero-order valence-electron chi connectivity index (χ0n) is 14.9. The van der Waals surface area contributed by atoms with Crippen molar-refractivity contribution in [2.24, 2.45) is 5.92 Å². The molecule has 1 atom stereocenters. The van der Waals surface area contributed by atoms with Gasteiger partial charge in [0.2, 0.25) is 0 Å². The smallest absolute Gasteiger partial charge is 0.258 e. The van der Waals surface area contributed by atoms with Crippen LogP contribution < -0.4 is 10.1 Å². The quantitative estimate of drug-likeness (QED) is 0.757. The number of Topliss-reactive ketones (excluding diaryl/α,β-unsaturated/α-hetero) is 1. The highest BCUT2D eigenvalue weighted by Crippen LogP contribution is 2.23. The number of hydrogen-bond acceptors (Lipinski definition) is 3. The highest BCUT2D eigenvalue weighted by atomic mass is 19.1. The summed E-state index contributed by atoms with van der Waals surface area (Å²) < 4.78 is 31.8. The van der Waals surface area contributed by atoms with Gasteiger partial charge in [-0.3, -0.25) is 9.59 Å². The van der Waals surface area contributed by atoms with E-state index in [1.54, 1.807) is 12.1 Å². The number of amides is 1. The molecule has 2 rings (SSSR count). The van der Waals surface area contributed by atoms with E-state index in [-0.39, 0.29) is 41.5 Å². The molecule has 0 aliphatic carbocycles. The average Bonchev–Trinajstić information content (AvgIpc) is 2.59. The first kappa shape index (κ1) is 19.6. The molecule has 1 unspecified atom stereocenters. The summed E-state index contributed by atoms with van der Waals surface area (Å²) in [5.41, 5.74) is 0.859. The number of halogens is 2. The molecule has 0 aliphatic heterocycles. The zero-order chi connectivity index (χ0) is 19.3. The van der Waals surface area contributed by atoms with Gasteiger partial charge in [-0.05, 0) is 48.7 Å². The maximum Gasteiger partial charge on any atom is 0.258 e. The Morgan fingerprint density at radius 2 is 1.65 bits per heavy atom. The van der Waals surface area contributed by atoms with Crippen LogP contribution in [-0.2, 0) is 4.79 Å². The van der Waals surface area contributed by atoms with Crippen molar-refractivity contribution >= 4 is 11.7 Å². The topological polar surface area (TPSA) is 55.4 Å². The van der Waals surface area contributed by atoms with Gasteiger partial charge in [-0.25, -0.2) is 8.78 Å². The lowest BCUT2D eigenvalue weighted by Crippen LogP contribution is -2.35. The standard InChI is InChI=1S/C20H21F2NO3/c1-12(2)20(14-4-6-15(21)7-5-14)23-19(25)11-26-18-9-8-16(22)10-17(18)13(3)24/h4-10,12,20H,11H2,1-3H3,(H,23,25). The second kappa shape index (κ2) is 8.56. The molecule has 2 aromatic rings. The van der Waals surface area contributed by atoms with Gasteiger partial charge in [0, 0.05) is 0 Å². The first-order valence-electron chi connectivity index (χ1n) is 8.26. The number of benzene rings is 2. The molecule has 1 amide bonds. The largest absolute Gasteiger partial charge is 0.483 e. The monoisotopic (exact) mass is 361 g/mol. The molecule has 0 aromatic heterocycles. The summed E-state index contributed by atoms with van der Waals surface area (Å²) in [5, 5.41) is 2.84. The Hall–Kier alpha value is -2.76. The Balaban J connectivity index is 2.05. The van der Waals surface area contributed by atoms with E-state index in [2.05, 4.69) is 5.32 Å². The van der Waals surface area contributed by atoms with Crippen molar-refractivity contribution in [3.63, 3.8) is 0 Å². The van der Waals surface area contributed by atoms with Crippen molar-refractivity contribution in [1.82, 2.24) is 5.32 Å². The van der Waals surface area contributed by atoms with Gasteiger partial charge in [0.1, 0.15) is 17.4 Å². The third-order valence-electron chi connectivity index (χ3n) is 3.89. The molecule has 2 aromatic carbocycles. The van der Waals surface area contributed by atoms with Crippen molar-refractivity contribution in [2.75, 3.05) is 6.61 Å². The SMILES string of the molecule is CC(=O)c1cc(F)ccc1OCC(=O)NC(c1ccc(F)cc1)C(C)C. The summed E-state index contributed by atoms with van der Waals surface area (Å²) >= 11 is 0. The van der Waals surface area contributed by atoms with Crippen molar-refractivity contribution in [1.29, 1.82) is 0 Å². The maximum absolute atomic E-state index is 13.3. The van der Waals surface area contributed by atoms with Gasteiger partial charge < -0.3 is 10.1 Å². The highest BCUT2D eigenvalue weighted by molar-refractivity contribution is 5.96. The van der Waals surface area contributed by atoms with Gasteiger partial charge in [-0.2, -0.15) is 0 Å². The molecule has 6 heteroatoms. The fourth-order valence-electron chi connectivity index (χ4n) is 2.57. The predicted molar refractivity (Wildman–Crippen MR) is 94.0 cm³/mol. The van der Waals surface area contributed by atoms with E-state index in [1.165, 1.54) is 25.1 Å². The number of hydrogen-bond donors (Lipinski definition) is 1. The fourth-order valence-corrected chi connectivity index (χ4v) is 2.57. The zero-order valence-corrected chi connectivity index (χ0v) is 14.9. The van der Waals surface area contributed by atoms with Gasteiger partial charge in [0.05, 0.1) is 11.6 Å². The first-order chi connectivity index (χ1) is 12.3. The second-order valence-electron chi connectivity index (χ2n) is 6.33. The Labute approximate surface area is 151 Å². The summed E-state index contributed by atoms with van der Waals surface area (Å²) in [4.78, 5) is 23.8. The van der Waals surface area contributed by atoms with Gasteiger partial charge in [0.15, 0.2) is 12.4 Å². The van der Waals surface area contributed by atoms with Crippen molar-refractivity contribution in [2.45, 2.75) is 26.8 Å². The van der Waals surface area contributed by atoms with Crippen LogP contribution in [0.1, 0.15) is 42.7 Å². The van der Waals surface area contributed by atoms with E-state index in [1.807, 2.05) is 13.8 Å². The number of carbonyl (C=O) groups excluding carboxylic acids is 2. The molecule has 0 bridgehead atoms. The normalized spacial score (nSPS) is 11.9. The van der Waals surface area contributed by atoms with E-state index < -0.39 is 11.7 Å². The molecule has 0 spiro atoms. The summed E-state index contributed by atoms with van der Waals surface area (Å²) in [6.07, 6.45) is 0. The third kappa shape index (κ3) is 5.12. The van der Waals surface area contributed by atoms with Crippen LogP contribution in [0.3, 0.4) is 0 Å². The molecule has 0 radical (unpaired) electrons. The van der Waals surface area contributed by atoms with E-state index in [0.29, 0.717) is 0 Å². The van der Waals surface area contributed by atoms with Gasteiger partial charge in [0.25, 0.3) is 5.91 Å². The first-order valence-corrected chi connectivity index (χ1v) is 8.26. The summed E-state index contributed by atoms with van der Waals surface area (Å²) in [7, 11) is 0. The van der Waals surface area contributed by atoms with Crippen LogP contribution >= 0.6 is 0 Å². The third-order valence-corrected chi connectivity index (χ3v) is 3.89. The van der Waals surface area contributed by atoms with E-state index >= 15 is 0 Å². The van der Waals surface area contributed by atoms with Crippen LogP contribution in [-0.4, -0.2) is 18.3 Å². The fraction of sp³-hybridized carbons (Fsp3) is 0.300. The molecule has 0 saturated heterocycles. The number of ketones is 1. The van der Waals surface area contributed by atoms with Gasteiger partial charge in [-0.15, -0.1) is 0 Å². The van der Waals surface area contributed by atoms with Crippen LogP contribution in [0, 0.1) is 17.6 Å². The van der Waals surface area contributed by atoms with E-state index in [4.69, 9.17) is 4.74 Å². The molecule has 0 saturated carbocycles. The molecule has 0 heterocycles. The average molecular weight is 361 g/mol. The molecule has 0 fully saturated rings. The molecule has 26 heavy (non-hydrogen) atoms. The Bertz CT molecular complexity index is 788. The van der Waals surface area contributed by atoms with Crippen LogP contribution in [0.25, 0.3) is 0 Å². The van der Waals surface area contributed by atoms with Crippen LogP contribution in [0.4, 0.5) is 8.78 Å². The number of rotatable bonds is 7. The van der Waals surface area contributed by atoms with E-state index in [0.717, 1.165) is 17.7 Å². The minimum Gasteiger partial charge on any atom is -0.483 e. The van der Waals surface area contributed by atoms with Gasteiger partial charge >= 0.3 is 0 Å². The molecule has 138 valence electrons. The molecule has 0 aliphatic rings. The van der Waals surface area contributed by atoms with Gasteiger partial charge in [-0.1, -0.05) is 26.0 Å². The Morgan fingerprint density at radius 1 is 1.04 bits per heavy atom. The maximum atomic E-state index is 13.3. The molecular weight excluding hydrogens is 340 g/mol. The van der Waals surface area contributed by atoms with E-state index in [9.17, 15) is 18.4 Å². The number of ether oxygens (including phenoxy) is 1. The summed E-state index contributed by atoms with van der Waals surface area (Å²) in [6, 6.07) is 9.16. The molecule has 4 nitrogen and oxygen atoms in total. The lowest BCUT2D eigenvalue weighted by molar-refractivity contribution is -0.124. The second-order valence-corrected chi connectivity index (χ2v) is 6.33. The Kier molecular flexibility index (Phi) is 6.44. The minimum absolute atomic E-state index is 0.0722. The summed E-state index contributed by atoms with van der Waals surface area (Å²) in [6.45, 7) is 4.84. The van der Waals surface area contributed by atoms with Crippen molar-refractivity contribution < 1.29 is 23.1 Å². The highest BCUT2D eigenvalue weighted by Gasteiger charge is 2.19. The number of carbonyl (C=O) groups is 2. The van der Waals surface area contributed by atoms with Crippen molar-refractivity contribution in [3.05, 3.63) is 65.2 Å². The molecular formula is C20H21F2NO3. The predicted octanol–water partition coefficient (Wildman–Crippen LogP) is 4.06. The van der Waals surface area contributed by atoms with Crippen LogP contribution in [0.15, 0.2) is 42.5 Å².